The van der Waals surface area contributed by atoms with Crippen molar-refractivity contribution in [3.8, 4) is 0 Å². The maximum Gasteiger partial charge on any atom is 0.232 e. The Bertz CT molecular complexity index is 723. The highest BCUT2D eigenvalue weighted by molar-refractivity contribution is 6.65. The van der Waals surface area contributed by atoms with Crippen LogP contribution in [0, 0.1) is 40.4 Å². The van der Waals surface area contributed by atoms with Gasteiger partial charge in [-0.2, -0.15) is 0 Å². The Morgan fingerprint density at radius 2 is 2.08 bits per heavy atom. The Hall–Kier alpha value is -1.22. The van der Waals surface area contributed by atoms with E-state index >= 15 is 0 Å². The molecule has 4 aliphatic rings. The molecule has 0 bridgehead atoms. The van der Waals surface area contributed by atoms with Gasteiger partial charge >= 0.3 is 0 Å². The average Bonchev–Trinajstić information content (AvgIpc) is 2.86. The smallest absolute Gasteiger partial charge is 0.232 e. The predicted molar refractivity (Wildman–Crippen MR) is 101 cm³/mol. The third kappa shape index (κ3) is 2.35. The summed E-state index contributed by atoms with van der Waals surface area (Å²) >= 11 is 5.69. The molecule has 4 rings (SSSR count). The lowest BCUT2D eigenvalue weighted by molar-refractivity contribution is -0.135. The van der Waals surface area contributed by atoms with Crippen LogP contribution in [0.25, 0.3) is 0 Å². The van der Waals surface area contributed by atoms with E-state index in [0.717, 1.165) is 32.1 Å². The summed E-state index contributed by atoms with van der Waals surface area (Å²) in [6, 6.07) is 0. The summed E-state index contributed by atoms with van der Waals surface area (Å²) in [6.45, 7) is 4.49. The van der Waals surface area contributed by atoms with Crippen LogP contribution < -0.4 is 0 Å². The maximum atomic E-state index is 12.9. The molecular formula is C22H27ClO3. The summed E-state index contributed by atoms with van der Waals surface area (Å²) in [7, 11) is 0. The molecule has 3 saturated carbocycles. The average molecular weight is 375 g/mol. The highest BCUT2D eigenvalue weighted by Crippen LogP contribution is 2.66. The molecule has 0 spiro atoms. The van der Waals surface area contributed by atoms with Gasteiger partial charge in [0.1, 0.15) is 12.1 Å². The molecule has 0 heterocycles. The van der Waals surface area contributed by atoms with Crippen molar-refractivity contribution in [1.29, 1.82) is 0 Å². The van der Waals surface area contributed by atoms with Crippen molar-refractivity contribution in [3.05, 3.63) is 23.8 Å². The lowest BCUT2D eigenvalue weighted by atomic mass is 9.47. The third-order valence-electron chi connectivity index (χ3n) is 8.29. The molecule has 26 heavy (non-hydrogen) atoms. The van der Waals surface area contributed by atoms with Crippen LogP contribution in [0.15, 0.2) is 23.8 Å². The molecule has 3 fully saturated rings. The van der Waals surface area contributed by atoms with Crippen LogP contribution in [-0.2, 0) is 14.4 Å². The summed E-state index contributed by atoms with van der Waals surface area (Å²) < 4.78 is 0. The quantitative estimate of drug-likeness (QED) is 0.316. The number of hydrogen-bond acceptors (Lipinski definition) is 3. The number of carbonyl (C=O) groups excluding carboxylic acids is 3. The molecule has 7 atom stereocenters. The van der Waals surface area contributed by atoms with E-state index in [0.29, 0.717) is 24.5 Å². The van der Waals surface area contributed by atoms with Crippen LogP contribution in [-0.4, -0.2) is 17.3 Å². The van der Waals surface area contributed by atoms with Crippen LogP contribution in [0.1, 0.15) is 52.4 Å². The lowest BCUT2D eigenvalue weighted by Gasteiger charge is -2.57. The number of hydrogen-bond donors (Lipinski definition) is 0. The Labute approximate surface area is 160 Å². The molecule has 0 aliphatic heterocycles. The molecule has 1 unspecified atom stereocenters. The number of aldehydes is 1. The van der Waals surface area contributed by atoms with Gasteiger partial charge < -0.3 is 4.79 Å². The first kappa shape index (κ1) is 18.2. The normalized spacial score (nSPS) is 45.2. The topological polar surface area (TPSA) is 51.2 Å². The zero-order valence-corrected chi connectivity index (χ0v) is 16.3. The van der Waals surface area contributed by atoms with Gasteiger partial charge in [-0.25, -0.2) is 0 Å². The van der Waals surface area contributed by atoms with Crippen LogP contribution in [0.2, 0.25) is 0 Å². The molecule has 0 radical (unpaired) electrons. The van der Waals surface area contributed by atoms with Crippen LogP contribution in [0.5, 0.6) is 0 Å². The molecule has 0 N–H and O–H groups in total. The van der Waals surface area contributed by atoms with Gasteiger partial charge in [-0.3, -0.25) is 9.59 Å². The van der Waals surface area contributed by atoms with Gasteiger partial charge in [0, 0.05) is 17.8 Å². The van der Waals surface area contributed by atoms with E-state index in [9.17, 15) is 14.4 Å². The summed E-state index contributed by atoms with van der Waals surface area (Å²) in [6.07, 6.45) is 13.3. The third-order valence-corrected chi connectivity index (χ3v) is 8.55. The number of allylic oxidation sites excluding steroid dienone is 4. The fourth-order valence-electron chi connectivity index (χ4n) is 7.04. The lowest BCUT2D eigenvalue weighted by Crippen LogP contribution is -2.50. The van der Waals surface area contributed by atoms with Gasteiger partial charge in [0.15, 0.2) is 0 Å². The van der Waals surface area contributed by atoms with E-state index in [1.54, 1.807) is 5.57 Å². The molecule has 4 heteroatoms. The van der Waals surface area contributed by atoms with Crippen LogP contribution >= 0.6 is 11.6 Å². The molecule has 0 aromatic rings. The summed E-state index contributed by atoms with van der Waals surface area (Å²) in [5, 5.41) is -0.682. The largest absolute Gasteiger partial charge is 0.303 e. The first-order chi connectivity index (χ1) is 12.3. The van der Waals surface area contributed by atoms with E-state index in [1.165, 1.54) is 0 Å². The highest BCUT2D eigenvalue weighted by atomic mass is 35.5. The Morgan fingerprint density at radius 3 is 2.77 bits per heavy atom. The highest BCUT2D eigenvalue weighted by Gasteiger charge is 2.62. The molecule has 0 saturated heterocycles. The minimum atomic E-state index is -0.986. The van der Waals surface area contributed by atoms with E-state index < -0.39 is 17.1 Å². The van der Waals surface area contributed by atoms with Crippen molar-refractivity contribution in [2.24, 2.45) is 40.4 Å². The molecule has 0 amide bonds. The monoisotopic (exact) mass is 374 g/mol. The van der Waals surface area contributed by atoms with Gasteiger partial charge in [-0.1, -0.05) is 37.6 Å². The Morgan fingerprint density at radius 1 is 1.31 bits per heavy atom. The van der Waals surface area contributed by atoms with Crippen molar-refractivity contribution in [2.75, 3.05) is 0 Å². The number of ketones is 1. The van der Waals surface area contributed by atoms with E-state index in [4.69, 9.17) is 11.6 Å². The zero-order valence-electron chi connectivity index (χ0n) is 15.5. The predicted octanol–water partition coefficient (Wildman–Crippen LogP) is 4.49. The number of Topliss-reactive ketones (excluding diaryl/α,β-unsaturated/α-hetero) is 1. The van der Waals surface area contributed by atoms with Crippen molar-refractivity contribution >= 4 is 28.9 Å². The number of halogens is 1. The van der Waals surface area contributed by atoms with E-state index in [2.05, 4.69) is 32.1 Å². The summed E-state index contributed by atoms with van der Waals surface area (Å²) in [5.41, 5.74) is 1.38. The van der Waals surface area contributed by atoms with Gasteiger partial charge in [0.25, 0.3) is 0 Å². The minimum Gasteiger partial charge on any atom is -0.303 e. The van der Waals surface area contributed by atoms with Crippen molar-refractivity contribution in [2.45, 2.75) is 52.4 Å². The van der Waals surface area contributed by atoms with E-state index in [-0.39, 0.29) is 22.5 Å². The molecule has 0 aromatic heterocycles. The second kappa shape index (κ2) is 6.15. The van der Waals surface area contributed by atoms with Gasteiger partial charge in [0.05, 0.1) is 5.92 Å². The molecule has 140 valence electrons. The first-order valence-corrected chi connectivity index (χ1v) is 10.3. The maximum absolute atomic E-state index is 12.9. The molecular weight excluding hydrogens is 348 g/mol. The molecule has 4 aliphatic carbocycles. The van der Waals surface area contributed by atoms with Crippen molar-refractivity contribution in [1.82, 2.24) is 0 Å². The zero-order chi connectivity index (χ0) is 18.7. The van der Waals surface area contributed by atoms with Crippen LogP contribution in [0.3, 0.4) is 0 Å². The van der Waals surface area contributed by atoms with Gasteiger partial charge in [0.2, 0.25) is 5.24 Å². The second-order valence-corrected chi connectivity index (χ2v) is 9.60. The fourth-order valence-corrected chi connectivity index (χ4v) is 7.22. The number of carbonyl (C=O) groups is 3. The standard InChI is InChI=1S/C22H27ClO3/c1-21-9-4-3-5-13(21)6-7-14-16(21)8-10-22(2)17(14)11-18(25)19(22)15(12-24)20(23)26/h4-5,9,12,14-17,19H,3,6-8,10-11H2,1-2H3/t14-,15?,16+,17+,19+,21+,22+/m1/s1. The van der Waals surface area contributed by atoms with Crippen molar-refractivity contribution in [3.63, 3.8) is 0 Å². The first-order valence-electron chi connectivity index (χ1n) is 9.87. The van der Waals surface area contributed by atoms with Crippen LogP contribution in [0.4, 0.5) is 0 Å². The number of fused-ring (bicyclic) bond motifs is 5. The molecule has 3 nitrogen and oxygen atoms in total. The van der Waals surface area contributed by atoms with Crippen molar-refractivity contribution < 1.29 is 14.4 Å². The Kier molecular flexibility index (Phi) is 4.30. The second-order valence-electron chi connectivity index (χ2n) is 9.22. The Balaban J connectivity index is 1.70. The SMILES string of the molecule is C[C@]12CC[C@H]3[C@@H](CCC4=CCC=C[C@@]43C)[C@@H]1CC(=O)[C@@H]2C(C=O)C(=O)Cl. The summed E-state index contributed by atoms with van der Waals surface area (Å²) in [4.78, 5) is 36.2. The van der Waals surface area contributed by atoms with Gasteiger partial charge in [-0.15, -0.1) is 0 Å². The molecule has 0 aromatic carbocycles. The fraction of sp³-hybridized carbons (Fsp3) is 0.682. The van der Waals surface area contributed by atoms with E-state index in [1.807, 2.05) is 0 Å². The minimum absolute atomic E-state index is 0.0647. The summed E-state index contributed by atoms with van der Waals surface area (Å²) in [5.74, 6) is -0.182. The number of rotatable bonds is 3. The van der Waals surface area contributed by atoms with Gasteiger partial charge in [-0.05, 0) is 66.9 Å².